The van der Waals surface area contributed by atoms with E-state index >= 15 is 0 Å². The van der Waals surface area contributed by atoms with E-state index in [0.717, 1.165) is 29.2 Å². The molecule has 4 bridgehead atoms. The molecule has 2 N–H and O–H groups in total. The van der Waals surface area contributed by atoms with Gasteiger partial charge in [-0.3, -0.25) is 0 Å². The predicted molar refractivity (Wildman–Crippen MR) is 174 cm³/mol. The number of hydrogen-bond acceptors (Lipinski definition) is 2. The maximum Gasteiger partial charge on any atom is 0.0732 e. The standard InChI is InChI=1S/C31H56N2P2Si2/c1-36(2,3)25-18-24(31(35,26-9-7-11-32-26)27-10-8-12-33-27)28(29(25)37(4,5)6)30(19-34)22-14-20-13-21(16-22)17-23(30)15-20/h18,20-23,25-27,32-33H,7-17,19,34-35H2,1-6H3. The van der Waals surface area contributed by atoms with Gasteiger partial charge in [-0.1, -0.05) is 50.6 Å². The van der Waals surface area contributed by atoms with E-state index in [-0.39, 0.29) is 5.16 Å². The average molecular weight is 575 g/mol. The van der Waals surface area contributed by atoms with Crippen LogP contribution < -0.4 is 10.6 Å². The van der Waals surface area contributed by atoms with Crippen LogP contribution in [0.1, 0.15) is 57.8 Å². The van der Waals surface area contributed by atoms with Crippen molar-refractivity contribution in [2.24, 2.45) is 29.1 Å². The Morgan fingerprint density at radius 1 is 0.865 bits per heavy atom. The van der Waals surface area contributed by atoms with Crippen molar-refractivity contribution < 1.29 is 0 Å². The molecular formula is C31H56N2P2Si2. The van der Waals surface area contributed by atoms with Crippen molar-refractivity contribution in [3.63, 3.8) is 0 Å². The molecule has 208 valence electrons. The highest BCUT2D eigenvalue weighted by molar-refractivity contribution is 7.20. The van der Waals surface area contributed by atoms with Gasteiger partial charge in [0.05, 0.1) is 16.1 Å². The van der Waals surface area contributed by atoms with Crippen LogP contribution in [0.25, 0.3) is 0 Å². The van der Waals surface area contributed by atoms with Gasteiger partial charge in [0.15, 0.2) is 0 Å². The minimum absolute atomic E-state index is 0.114. The summed E-state index contributed by atoms with van der Waals surface area (Å²) in [6.45, 7) is 18.5. The largest absolute Gasteiger partial charge is 0.313 e. The molecule has 0 aromatic heterocycles. The molecule has 0 spiro atoms. The van der Waals surface area contributed by atoms with Gasteiger partial charge in [0.25, 0.3) is 0 Å². The Labute approximate surface area is 235 Å². The Balaban J connectivity index is 1.61. The molecule has 6 fully saturated rings. The second-order valence-electron chi connectivity index (χ2n) is 16.2. The molecule has 2 saturated heterocycles. The molecule has 0 aromatic rings. The molecule has 2 nitrogen and oxygen atoms in total. The maximum atomic E-state index is 4.07. The van der Waals surface area contributed by atoms with Crippen molar-refractivity contribution >= 4 is 34.6 Å². The SMILES string of the molecule is C[Si](C)(C)C1=C(C2(CP)C3CC4CC(C3)CC2C4)C(C(P)(C2CCCN2)C2CCCN2)=CC1[Si](C)(C)C. The Morgan fingerprint density at radius 2 is 1.38 bits per heavy atom. The Hall–Kier alpha value is 0.694. The van der Waals surface area contributed by atoms with E-state index < -0.39 is 16.1 Å². The highest BCUT2D eigenvalue weighted by Gasteiger charge is 2.63. The Kier molecular flexibility index (Phi) is 7.24. The van der Waals surface area contributed by atoms with Crippen LogP contribution in [-0.2, 0) is 0 Å². The van der Waals surface area contributed by atoms with Gasteiger partial charge in [0.1, 0.15) is 0 Å². The summed E-state index contributed by atoms with van der Waals surface area (Å²) in [5, 5.41) is 10.3. The molecule has 5 atom stereocenters. The lowest BCUT2D eigenvalue weighted by molar-refractivity contribution is -0.0739. The monoisotopic (exact) mass is 574 g/mol. The van der Waals surface area contributed by atoms with E-state index in [1.54, 1.807) is 6.42 Å². The summed E-state index contributed by atoms with van der Waals surface area (Å²) in [6, 6.07) is 1.16. The summed E-state index contributed by atoms with van der Waals surface area (Å²) >= 11 is 0. The minimum Gasteiger partial charge on any atom is -0.313 e. The van der Waals surface area contributed by atoms with Crippen LogP contribution >= 0.6 is 18.5 Å². The molecule has 0 radical (unpaired) electrons. The van der Waals surface area contributed by atoms with Crippen LogP contribution in [0.5, 0.6) is 0 Å². The van der Waals surface area contributed by atoms with Crippen molar-refractivity contribution in [3.8, 4) is 0 Å². The van der Waals surface area contributed by atoms with Gasteiger partial charge >= 0.3 is 0 Å². The van der Waals surface area contributed by atoms with Gasteiger partial charge < -0.3 is 10.6 Å². The molecular weight excluding hydrogens is 518 g/mol. The molecule has 7 aliphatic rings. The second kappa shape index (κ2) is 9.62. The smallest absolute Gasteiger partial charge is 0.0732 e. The molecule has 2 heterocycles. The van der Waals surface area contributed by atoms with Gasteiger partial charge in [0, 0.05) is 22.7 Å². The van der Waals surface area contributed by atoms with Crippen molar-refractivity contribution in [2.75, 3.05) is 19.3 Å². The van der Waals surface area contributed by atoms with Crippen molar-refractivity contribution in [1.29, 1.82) is 0 Å². The van der Waals surface area contributed by atoms with E-state index in [9.17, 15) is 0 Å². The number of hydrogen-bond donors (Lipinski definition) is 2. The van der Waals surface area contributed by atoms with Gasteiger partial charge in [-0.25, -0.2) is 0 Å². The van der Waals surface area contributed by atoms with Gasteiger partial charge in [-0.2, -0.15) is 0 Å². The number of rotatable bonds is 7. The van der Waals surface area contributed by atoms with E-state index in [2.05, 4.69) is 74.5 Å². The second-order valence-corrected chi connectivity index (χ2v) is 28.0. The minimum atomic E-state index is -1.56. The summed E-state index contributed by atoms with van der Waals surface area (Å²) in [6.07, 6.45) is 17.2. The average Bonchev–Trinajstić information content (AvgIpc) is 3.59. The molecule has 5 unspecified atom stereocenters. The molecule has 4 saturated carbocycles. The fraction of sp³-hybridized carbons (Fsp3) is 0.871. The van der Waals surface area contributed by atoms with Crippen LogP contribution in [0, 0.1) is 29.1 Å². The molecule has 0 aromatic carbocycles. The third-order valence-electron chi connectivity index (χ3n) is 12.1. The summed E-state index contributed by atoms with van der Waals surface area (Å²) in [5.41, 5.74) is 4.92. The Bertz CT molecular complexity index is 919. The van der Waals surface area contributed by atoms with E-state index in [1.165, 1.54) is 70.6 Å². The summed E-state index contributed by atoms with van der Waals surface area (Å²) in [5.74, 6) is 3.87. The van der Waals surface area contributed by atoms with Gasteiger partial charge in [-0.05, 0) is 117 Å². The zero-order chi connectivity index (χ0) is 26.4. The molecule has 7 rings (SSSR count). The molecule has 5 aliphatic carbocycles. The van der Waals surface area contributed by atoms with Crippen LogP contribution in [0.4, 0.5) is 0 Å². The van der Waals surface area contributed by atoms with Crippen LogP contribution in [0.2, 0.25) is 44.8 Å². The zero-order valence-electron chi connectivity index (χ0n) is 24.8. The molecule has 6 heteroatoms. The van der Waals surface area contributed by atoms with Gasteiger partial charge in [-0.15, -0.1) is 18.5 Å². The first-order chi connectivity index (χ1) is 17.4. The normalized spacial score (nSPS) is 43.6. The van der Waals surface area contributed by atoms with Crippen LogP contribution in [-0.4, -0.2) is 52.6 Å². The topological polar surface area (TPSA) is 24.1 Å². The van der Waals surface area contributed by atoms with Crippen molar-refractivity contribution in [1.82, 2.24) is 10.6 Å². The molecule has 2 aliphatic heterocycles. The van der Waals surface area contributed by atoms with E-state index in [0.29, 0.717) is 17.5 Å². The van der Waals surface area contributed by atoms with Crippen LogP contribution in [0.3, 0.4) is 0 Å². The van der Waals surface area contributed by atoms with Crippen molar-refractivity contribution in [3.05, 3.63) is 22.4 Å². The lowest BCUT2D eigenvalue weighted by Crippen LogP contribution is -2.60. The lowest BCUT2D eigenvalue weighted by Gasteiger charge is -2.63. The molecule has 0 amide bonds. The highest BCUT2D eigenvalue weighted by atomic mass is 31.0. The van der Waals surface area contributed by atoms with Gasteiger partial charge in [0.2, 0.25) is 0 Å². The van der Waals surface area contributed by atoms with E-state index in [4.69, 9.17) is 0 Å². The number of allylic oxidation sites excluding steroid dienone is 3. The quantitative estimate of drug-likeness (QED) is 0.247. The zero-order valence-corrected chi connectivity index (χ0v) is 29.1. The first-order valence-electron chi connectivity index (χ1n) is 15.8. The Morgan fingerprint density at radius 3 is 1.76 bits per heavy atom. The third-order valence-corrected chi connectivity index (χ3v) is 18.6. The summed E-state index contributed by atoms with van der Waals surface area (Å²) in [4.78, 5) is 0. The van der Waals surface area contributed by atoms with E-state index in [1.807, 2.05) is 16.3 Å². The summed E-state index contributed by atoms with van der Waals surface area (Å²) < 4.78 is 0. The first-order valence-corrected chi connectivity index (χ1v) is 24.3. The highest BCUT2D eigenvalue weighted by Crippen LogP contribution is 2.70. The fourth-order valence-electron chi connectivity index (χ4n) is 10.7. The lowest BCUT2D eigenvalue weighted by atomic mass is 9.43. The van der Waals surface area contributed by atoms with Crippen molar-refractivity contribution in [2.45, 2.75) is 120 Å². The molecule has 37 heavy (non-hydrogen) atoms. The first kappa shape index (κ1) is 27.8. The number of nitrogens with one attached hydrogen (secondary N) is 2. The summed E-state index contributed by atoms with van der Waals surface area (Å²) in [7, 11) is 3.98. The maximum absolute atomic E-state index is 4.07. The fourth-order valence-corrected chi connectivity index (χ4v) is 18.8. The predicted octanol–water partition coefficient (Wildman–Crippen LogP) is 7.24. The third kappa shape index (κ3) is 4.27. The van der Waals surface area contributed by atoms with Crippen LogP contribution in [0.15, 0.2) is 22.4 Å².